The van der Waals surface area contributed by atoms with Crippen LogP contribution in [0.5, 0.6) is 0 Å². The highest BCUT2D eigenvalue weighted by Gasteiger charge is 2.52. The molecule has 2 aromatic heterocycles. The fourth-order valence-electron chi connectivity index (χ4n) is 4.16. The fourth-order valence-corrected chi connectivity index (χ4v) is 4.16. The molecule has 0 bridgehead atoms. The van der Waals surface area contributed by atoms with Crippen molar-refractivity contribution in [3.05, 3.63) is 30.4 Å². The summed E-state index contributed by atoms with van der Waals surface area (Å²) < 4.78 is 10.5. The van der Waals surface area contributed by atoms with Gasteiger partial charge in [-0.1, -0.05) is 18.5 Å². The first kappa shape index (κ1) is 21.0. The maximum Gasteiger partial charge on any atom is 0.327 e. The number of carbonyl (C=O) groups is 3. The second-order valence-corrected chi connectivity index (χ2v) is 8.09. The van der Waals surface area contributed by atoms with Crippen LogP contribution >= 0.6 is 0 Å². The molecule has 2 aromatic rings. The first-order valence-electron chi connectivity index (χ1n) is 10.5. The lowest BCUT2D eigenvalue weighted by Crippen LogP contribution is -2.49. The van der Waals surface area contributed by atoms with Crippen molar-refractivity contribution in [2.75, 3.05) is 6.54 Å². The van der Waals surface area contributed by atoms with Crippen molar-refractivity contribution < 1.29 is 23.6 Å². The molecule has 1 atom stereocenters. The molecule has 1 N–H and O–H groups in total. The van der Waals surface area contributed by atoms with E-state index in [0.717, 1.165) is 24.2 Å². The highest BCUT2D eigenvalue weighted by atomic mass is 16.6. The van der Waals surface area contributed by atoms with E-state index in [1.807, 2.05) is 0 Å². The number of rotatable bonds is 6. The molecule has 1 aliphatic carbocycles. The maximum absolute atomic E-state index is 12.9. The molecule has 1 aliphatic heterocycles. The molecule has 0 radical (unpaired) electrons. The van der Waals surface area contributed by atoms with Crippen LogP contribution in [0.25, 0.3) is 11.4 Å². The molecular weight excluding hydrogens is 402 g/mol. The molecular formula is C21H25N5O5. The zero-order chi connectivity index (χ0) is 22.0. The number of pyridine rings is 1. The molecule has 1 unspecified atom stereocenters. The van der Waals surface area contributed by atoms with Crippen LogP contribution in [-0.2, 0) is 14.3 Å². The van der Waals surface area contributed by atoms with Gasteiger partial charge in [0.15, 0.2) is 6.10 Å². The topological polar surface area (TPSA) is 128 Å². The molecule has 0 aromatic carbocycles. The van der Waals surface area contributed by atoms with E-state index in [1.54, 1.807) is 31.5 Å². The van der Waals surface area contributed by atoms with Crippen molar-refractivity contribution >= 4 is 17.9 Å². The van der Waals surface area contributed by atoms with Gasteiger partial charge in [0.1, 0.15) is 12.1 Å². The van der Waals surface area contributed by atoms with Crippen LogP contribution in [0.4, 0.5) is 4.79 Å². The minimum atomic E-state index is -0.889. The summed E-state index contributed by atoms with van der Waals surface area (Å²) in [6.07, 6.45) is 6.40. The summed E-state index contributed by atoms with van der Waals surface area (Å²) in [6, 6.07) is 2.97. The van der Waals surface area contributed by atoms with Gasteiger partial charge in [0, 0.05) is 18.0 Å². The number of hydrogen-bond acceptors (Lipinski definition) is 8. The Morgan fingerprint density at radius 2 is 2.16 bits per heavy atom. The van der Waals surface area contributed by atoms with E-state index in [1.165, 1.54) is 0 Å². The number of aromatic nitrogens is 3. The van der Waals surface area contributed by atoms with Gasteiger partial charge in [0.25, 0.3) is 11.8 Å². The van der Waals surface area contributed by atoms with Gasteiger partial charge in [-0.15, -0.1) is 0 Å². The van der Waals surface area contributed by atoms with Crippen LogP contribution < -0.4 is 5.32 Å². The Labute approximate surface area is 179 Å². The number of carbonyl (C=O) groups excluding carboxylic acids is 3. The summed E-state index contributed by atoms with van der Waals surface area (Å²) in [5.41, 5.74) is -0.224. The number of nitrogens with one attached hydrogen (secondary N) is 1. The van der Waals surface area contributed by atoms with E-state index >= 15 is 0 Å². The predicted octanol–water partition coefficient (Wildman–Crippen LogP) is 2.63. The molecule has 31 heavy (non-hydrogen) atoms. The Morgan fingerprint density at radius 1 is 1.39 bits per heavy atom. The Hall–Kier alpha value is -3.30. The molecule has 1 spiro atoms. The molecule has 164 valence electrons. The van der Waals surface area contributed by atoms with Gasteiger partial charge in [-0.05, 0) is 50.7 Å². The third kappa shape index (κ3) is 4.14. The monoisotopic (exact) mass is 427 g/mol. The Bertz CT molecular complexity index is 968. The summed E-state index contributed by atoms with van der Waals surface area (Å²) in [4.78, 5) is 46.9. The van der Waals surface area contributed by atoms with Crippen molar-refractivity contribution in [3.8, 4) is 11.4 Å². The number of urea groups is 1. The molecule has 1 saturated heterocycles. The second kappa shape index (κ2) is 8.44. The lowest BCUT2D eigenvalue weighted by molar-refractivity contribution is -0.153. The van der Waals surface area contributed by atoms with Crippen LogP contribution in [0.15, 0.2) is 29.0 Å². The molecule has 2 fully saturated rings. The van der Waals surface area contributed by atoms with Crippen LogP contribution in [0, 0.1) is 5.92 Å². The van der Waals surface area contributed by atoms with E-state index in [2.05, 4.69) is 27.4 Å². The normalized spacial score (nSPS) is 24.3. The molecule has 4 rings (SSSR count). The number of esters is 1. The van der Waals surface area contributed by atoms with Crippen LogP contribution in [0.1, 0.15) is 57.9 Å². The predicted molar refractivity (Wildman–Crippen MR) is 107 cm³/mol. The fraction of sp³-hybridized carbons (Fsp3) is 0.524. The minimum absolute atomic E-state index is 0.110. The molecule has 1 saturated carbocycles. The SMILES string of the molecule is CCC1CCC2(CC1)NC(=O)N(CC(=O)OC(C)c1nc(-c3cccnc3)no1)C2=O. The first-order chi connectivity index (χ1) is 14.9. The molecule has 3 heterocycles. The molecule has 2 aliphatic rings. The van der Waals surface area contributed by atoms with Crippen molar-refractivity contribution in [1.82, 2.24) is 25.3 Å². The second-order valence-electron chi connectivity index (χ2n) is 8.09. The number of nitrogens with zero attached hydrogens (tertiary/aromatic N) is 4. The number of amides is 3. The highest BCUT2D eigenvalue weighted by molar-refractivity contribution is 6.08. The quantitative estimate of drug-likeness (QED) is 0.550. The lowest BCUT2D eigenvalue weighted by Gasteiger charge is -2.34. The smallest absolute Gasteiger partial charge is 0.327 e. The zero-order valence-electron chi connectivity index (χ0n) is 17.5. The summed E-state index contributed by atoms with van der Waals surface area (Å²) in [5.74, 6) is -0.0747. The molecule has 3 amide bonds. The van der Waals surface area contributed by atoms with Crippen molar-refractivity contribution in [2.24, 2.45) is 5.92 Å². The van der Waals surface area contributed by atoms with Crippen LogP contribution in [0.3, 0.4) is 0 Å². The Balaban J connectivity index is 1.36. The molecule has 10 nitrogen and oxygen atoms in total. The lowest BCUT2D eigenvalue weighted by atomic mass is 9.75. The Kier molecular flexibility index (Phi) is 5.71. The molecule has 10 heteroatoms. The number of ether oxygens (including phenoxy) is 1. The Morgan fingerprint density at radius 3 is 2.84 bits per heavy atom. The maximum atomic E-state index is 12.9. The van der Waals surface area contributed by atoms with Crippen molar-refractivity contribution in [1.29, 1.82) is 0 Å². The van der Waals surface area contributed by atoms with Crippen LogP contribution in [0.2, 0.25) is 0 Å². The van der Waals surface area contributed by atoms with Gasteiger partial charge in [0.05, 0.1) is 0 Å². The van der Waals surface area contributed by atoms with Crippen LogP contribution in [-0.4, -0.2) is 50.0 Å². The average Bonchev–Trinajstić information content (AvgIpc) is 3.35. The summed E-state index contributed by atoms with van der Waals surface area (Å²) in [7, 11) is 0. The van der Waals surface area contributed by atoms with E-state index < -0.39 is 30.2 Å². The first-order valence-corrected chi connectivity index (χ1v) is 10.5. The van der Waals surface area contributed by atoms with E-state index in [0.29, 0.717) is 30.1 Å². The highest BCUT2D eigenvalue weighted by Crippen LogP contribution is 2.37. The van der Waals surface area contributed by atoms with Gasteiger partial charge in [-0.2, -0.15) is 4.98 Å². The standard InChI is InChI=1S/C21H25N5O5/c1-3-14-6-8-21(9-7-14)19(28)26(20(29)24-21)12-16(27)30-13(2)18-23-17(25-31-18)15-5-4-10-22-11-15/h4-5,10-11,13-14H,3,6-9,12H2,1-2H3,(H,24,29). The van der Waals surface area contributed by atoms with E-state index in [4.69, 9.17) is 9.26 Å². The largest absolute Gasteiger partial charge is 0.451 e. The summed E-state index contributed by atoms with van der Waals surface area (Å²) in [5, 5.41) is 6.67. The van der Waals surface area contributed by atoms with Crippen molar-refractivity contribution in [2.45, 2.75) is 57.6 Å². The summed E-state index contributed by atoms with van der Waals surface area (Å²) in [6.45, 7) is 3.25. The zero-order valence-corrected chi connectivity index (χ0v) is 17.5. The third-order valence-corrected chi connectivity index (χ3v) is 6.09. The number of hydrogen-bond donors (Lipinski definition) is 1. The van der Waals surface area contributed by atoms with Gasteiger partial charge in [0.2, 0.25) is 5.82 Å². The van der Waals surface area contributed by atoms with Gasteiger partial charge in [-0.25, -0.2) is 4.79 Å². The third-order valence-electron chi connectivity index (χ3n) is 6.09. The van der Waals surface area contributed by atoms with Gasteiger partial charge in [-0.3, -0.25) is 19.5 Å². The van der Waals surface area contributed by atoms with E-state index in [-0.39, 0.29) is 11.8 Å². The number of imide groups is 1. The average molecular weight is 427 g/mol. The van der Waals surface area contributed by atoms with Crippen molar-refractivity contribution in [3.63, 3.8) is 0 Å². The van der Waals surface area contributed by atoms with E-state index in [9.17, 15) is 14.4 Å². The minimum Gasteiger partial charge on any atom is -0.451 e. The van der Waals surface area contributed by atoms with Gasteiger partial charge >= 0.3 is 12.0 Å². The van der Waals surface area contributed by atoms with Gasteiger partial charge < -0.3 is 14.6 Å². The summed E-state index contributed by atoms with van der Waals surface area (Å²) >= 11 is 0.